The van der Waals surface area contributed by atoms with Crippen molar-refractivity contribution in [2.45, 2.75) is 4.90 Å². The molecule has 9 heteroatoms. The van der Waals surface area contributed by atoms with Crippen molar-refractivity contribution in [1.29, 1.82) is 0 Å². The summed E-state index contributed by atoms with van der Waals surface area (Å²) in [6.45, 7) is 0. The Kier molecular flexibility index (Phi) is 3.05. The van der Waals surface area contributed by atoms with Crippen molar-refractivity contribution in [3.8, 4) is 5.69 Å². The number of nitrogens with zero attached hydrogens (tertiary/aromatic N) is 3. The molecule has 0 atom stereocenters. The molecule has 0 aliphatic carbocycles. The second-order valence-corrected chi connectivity index (χ2v) is 5.90. The van der Waals surface area contributed by atoms with Gasteiger partial charge in [0.25, 0.3) is 14.7 Å². The van der Waals surface area contributed by atoms with Crippen LogP contribution in [-0.2, 0) is 9.05 Å². The monoisotopic (exact) mass is 287 g/mol. The predicted molar refractivity (Wildman–Crippen MR) is 63.3 cm³/mol. The molecular formula is C9H6ClN3O4S. The van der Waals surface area contributed by atoms with Gasteiger partial charge in [0.1, 0.15) is 4.90 Å². The third kappa shape index (κ3) is 2.49. The van der Waals surface area contributed by atoms with Crippen LogP contribution >= 0.6 is 10.7 Å². The number of halogens is 1. The number of non-ortho nitro benzene ring substituents is 1. The normalized spacial score (nSPS) is 11.4. The maximum atomic E-state index is 11.0. The van der Waals surface area contributed by atoms with Crippen LogP contribution < -0.4 is 0 Å². The highest BCUT2D eigenvalue weighted by Crippen LogP contribution is 2.18. The first-order valence-corrected chi connectivity index (χ1v) is 6.93. The van der Waals surface area contributed by atoms with E-state index in [4.69, 9.17) is 10.7 Å². The van der Waals surface area contributed by atoms with Gasteiger partial charge < -0.3 is 0 Å². The average molecular weight is 288 g/mol. The minimum absolute atomic E-state index is 0.0592. The summed E-state index contributed by atoms with van der Waals surface area (Å²) in [5, 5.41) is 14.3. The van der Waals surface area contributed by atoms with Crippen LogP contribution in [0.4, 0.5) is 5.69 Å². The van der Waals surface area contributed by atoms with E-state index in [1.165, 1.54) is 35.1 Å². The van der Waals surface area contributed by atoms with E-state index in [1.54, 1.807) is 0 Å². The molecule has 0 fully saturated rings. The Morgan fingerprint density at radius 1 is 1.28 bits per heavy atom. The van der Waals surface area contributed by atoms with Crippen LogP contribution in [-0.4, -0.2) is 23.1 Å². The molecular weight excluding hydrogens is 282 g/mol. The van der Waals surface area contributed by atoms with Crippen LogP contribution in [0.15, 0.2) is 41.6 Å². The quantitative estimate of drug-likeness (QED) is 0.486. The fourth-order valence-electron chi connectivity index (χ4n) is 1.30. The molecule has 0 spiro atoms. The van der Waals surface area contributed by atoms with Crippen molar-refractivity contribution in [3.63, 3.8) is 0 Å². The summed E-state index contributed by atoms with van der Waals surface area (Å²) >= 11 is 0. The van der Waals surface area contributed by atoms with Crippen molar-refractivity contribution >= 4 is 25.4 Å². The SMILES string of the molecule is O=[N+]([O-])c1ccc(-n2cc(S(=O)(=O)Cl)cn2)cc1. The Morgan fingerprint density at radius 2 is 1.89 bits per heavy atom. The van der Waals surface area contributed by atoms with Crippen molar-refractivity contribution in [1.82, 2.24) is 9.78 Å². The molecule has 2 rings (SSSR count). The number of hydrogen-bond acceptors (Lipinski definition) is 5. The van der Waals surface area contributed by atoms with Gasteiger partial charge in [0.05, 0.1) is 23.0 Å². The van der Waals surface area contributed by atoms with Gasteiger partial charge in [-0.05, 0) is 12.1 Å². The van der Waals surface area contributed by atoms with E-state index in [0.717, 1.165) is 6.20 Å². The maximum Gasteiger partial charge on any atom is 0.269 e. The van der Waals surface area contributed by atoms with Crippen LogP contribution in [0.25, 0.3) is 5.69 Å². The van der Waals surface area contributed by atoms with Gasteiger partial charge in [-0.2, -0.15) is 5.10 Å². The Hall–Kier alpha value is -1.93. The molecule has 0 radical (unpaired) electrons. The molecule has 1 heterocycles. The molecule has 18 heavy (non-hydrogen) atoms. The highest BCUT2D eigenvalue weighted by molar-refractivity contribution is 8.13. The van der Waals surface area contributed by atoms with Crippen molar-refractivity contribution in [2.24, 2.45) is 0 Å². The minimum atomic E-state index is -3.83. The van der Waals surface area contributed by atoms with Crippen molar-refractivity contribution in [2.75, 3.05) is 0 Å². The zero-order valence-corrected chi connectivity index (χ0v) is 10.3. The Bertz CT molecular complexity index is 693. The highest BCUT2D eigenvalue weighted by atomic mass is 35.7. The van der Waals surface area contributed by atoms with E-state index < -0.39 is 14.0 Å². The van der Waals surface area contributed by atoms with Gasteiger partial charge in [-0.15, -0.1) is 0 Å². The maximum absolute atomic E-state index is 11.0. The smallest absolute Gasteiger partial charge is 0.258 e. The summed E-state index contributed by atoms with van der Waals surface area (Å²) in [7, 11) is 1.32. The number of benzene rings is 1. The molecule has 7 nitrogen and oxygen atoms in total. The lowest BCUT2D eigenvalue weighted by Crippen LogP contribution is -1.95. The molecule has 0 amide bonds. The lowest BCUT2D eigenvalue weighted by molar-refractivity contribution is -0.384. The first-order valence-electron chi connectivity index (χ1n) is 4.62. The van der Waals surface area contributed by atoms with E-state index in [-0.39, 0.29) is 10.6 Å². The first kappa shape index (κ1) is 12.5. The third-order valence-corrected chi connectivity index (χ3v) is 3.47. The van der Waals surface area contributed by atoms with Gasteiger partial charge in [0.2, 0.25) is 0 Å². The van der Waals surface area contributed by atoms with Gasteiger partial charge in [-0.1, -0.05) is 0 Å². The van der Waals surface area contributed by atoms with Gasteiger partial charge in [0, 0.05) is 22.8 Å². The summed E-state index contributed by atoms with van der Waals surface area (Å²) in [5.74, 6) is 0. The van der Waals surface area contributed by atoms with Crippen LogP contribution in [0.3, 0.4) is 0 Å². The number of aromatic nitrogens is 2. The summed E-state index contributed by atoms with van der Waals surface area (Å²) in [6.07, 6.45) is 2.33. The molecule has 2 aromatic rings. The second kappa shape index (κ2) is 4.39. The number of nitro benzene ring substituents is 1. The fourth-order valence-corrected chi connectivity index (χ4v) is 1.94. The summed E-state index contributed by atoms with van der Waals surface area (Å²) in [5.41, 5.74) is 0.434. The molecule has 0 bridgehead atoms. The summed E-state index contributed by atoms with van der Waals surface area (Å²) in [6, 6.07) is 5.50. The average Bonchev–Trinajstić information content (AvgIpc) is 2.78. The molecule has 0 aliphatic rings. The van der Waals surface area contributed by atoms with Crippen LogP contribution in [0, 0.1) is 10.1 Å². The Morgan fingerprint density at radius 3 is 2.33 bits per heavy atom. The summed E-state index contributed by atoms with van der Waals surface area (Å²) < 4.78 is 23.4. The molecule has 1 aromatic carbocycles. The Labute approximate surface area is 106 Å². The molecule has 0 aliphatic heterocycles. The van der Waals surface area contributed by atoms with Gasteiger partial charge in [-0.3, -0.25) is 10.1 Å². The highest BCUT2D eigenvalue weighted by Gasteiger charge is 2.13. The van der Waals surface area contributed by atoms with Crippen LogP contribution in [0.2, 0.25) is 0 Å². The lowest BCUT2D eigenvalue weighted by atomic mass is 10.3. The first-order chi connectivity index (χ1) is 8.38. The van der Waals surface area contributed by atoms with E-state index in [0.29, 0.717) is 5.69 Å². The molecule has 0 saturated carbocycles. The van der Waals surface area contributed by atoms with Crippen molar-refractivity contribution < 1.29 is 13.3 Å². The Balaban J connectivity index is 2.38. The van der Waals surface area contributed by atoms with E-state index in [1.807, 2.05) is 0 Å². The molecule has 94 valence electrons. The second-order valence-electron chi connectivity index (χ2n) is 3.33. The van der Waals surface area contributed by atoms with Crippen LogP contribution in [0.1, 0.15) is 0 Å². The standard InChI is InChI=1S/C9H6ClN3O4S/c10-18(16,17)9-5-11-12(6-9)7-1-3-8(4-2-7)13(14)15/h1-6H. The molecule has 0 unspecified atom stereocenters. The largest absolute Gasteiger partial charge is 0.269 e. The molecule has 0 saturated heterocycles. The van der Waals surface area contributed by atoms with E-state index in [9.17, 15) is 18.5 Å². The third-order valence-electron chi connectivity index (χ3n) is 2.17. The molecule has 1 aromatic heterocycles. The topological polar surface area (TPSA) is 95.1 Å². The number of nitro groups is 1. The van der Waals surface area contributed by atoms with Gasteiger partial charge >= 0.3 is 0 Å². The number of rotatable bonds is 3. The predicted octanol–water partition coefficient (Wildman–Crippen LogP) is 1.71. The van der Waals surface area contributed by atoms with Crippen LogP contribution in [0.5, 0.6) is 0 Å². The van der Waals surface area contributed by atoms with Crippen molar-refractivity contribution in [3.05, 3.63) is 46.8 Å². The number of hydrogen-bond donors (Lipinski definition) is 0. The lowest BCUT2D eigenvalue weighted by Gasteiger charge is -1.99. The van der Waals surface area contributed by atoms with E-state index in [2.05, 4.69) is 5.10 Å². The zero-order valence-electron chi connectivity index (χ0n) is 8.72. The molecule has 0 N–H and O–H groups in total. The summed E-state index contributed by atoms with van der Waals surface area (Å²) in [4.78, 5) is 9.81. The fraction of sp³-hybridized carbons (Fsp3) is 0. The zero-order chi connectivity index (χ0) is 13.3. The minimum Gasteiger partial charge on any atom is -0.258 e. The van der Waals surface area contributed by atoms with Gasteiger partial charge in [-0.25, -0.2) is 13.1 Å². The van der Waals surface area contributed by atoms with Gasteiger partial charge in [0.15, 0.2) is 0 Å². The van der Waals surface area contributed by atoms with E-state index >= 15 is 0 Å².